The first-order chi connectivity index (χ1) is 26.0. The summed E-state index contributed by atoms with van der Waals surface area (Å²) < 4.78 is 42.2. The third-order valence-electron chi connectivity index (χ3n) is 10.7. The van der Waals surface area contributed by atoms with E-state index in [-0.39, 0.29) is 29.7 Å². The molecule has 0 bridgehead atoms. The van der Waals surface area contributed by atoms with Gasteiger partial charge in [-0.1, -0.05) is 13.2 Å². The quantitative estimate of drug-likeness (QED) is 0.284. The molecule has 1 atom stereocenters. The van der Waals surface area contributed by atoms with Crippen molar-refractivity contribution in [3.8, 4) is 11.5 Å². The number of aromatic amines is 1. The van der Waals surface area contributed by atoms with E-state index in [4.69, 9.17) is 9.47 Å². The molecule has 2 aromatic carbocycles. The summed E-state index contributed by atoms with van der Waals surface area (Å²) in [6.07, 6.45) is 4.92. The van der Waals surface area contributed by atoms with Gasteiger partial charge in [0, 0.05) is 94.7 Å². The number of carbonyl (C=O) groups is 2. The van der Waals surface area contributed by atoms with Gasteiger partial charge in [0.2, 0.25) is 11.8 Å². The molecule has 5 heterocycles. The first kappa shape index (κ1) is 36.9. The Hall–Kier alpha value is -5.41. The molecule has 4 aliphatic heterocycles. The highest BCUT2D eigenvalue weighted by Gasteiger charge is 2.30. The van der Waals surface area contributed by atoms with E-state index in [0.717, 1.165) is 33.7 Å². The molecule has 1 unspecified atom stereocenters. The number of hydrogen-bond donors (Lipinski definition) is 3. The fraction of sp³-hybridized carbons (Fsp3) is 0.410. The van der Waals surface area contributed by atoms with Crippen LogP contribution in [0.3, 0.4) is 0 Å². The second kappa shape index (κ2) is 15.5. The summed E-state index contributed by atoms with van der Waals surface area (Å²) in [6, 6.07) is 5.92. The van der Waals surface area contributed by atoms with Gasteiger partial charge in [0.15, 0.2) is 11.6 Å². The van der Waals surface area contributed by atoms with E-state index < -0.39 is 17.7 Å². The zero-order valence-corrected chi connectivity index (χ0v) is 31.0. The Morgan fingerprint density at radius 3 is 2.24 bits per heavy atom. The number of nitrogens with one attached hydrogen (secondary N) is 3. The Balaban J connectivity index is 0.912. The topological polar surface area (TPSA) is 122 Å². The van der Waals surface area contributed by atoms with Crippen LogP contribution in [0.25, 0.3) is 11.3 Å². The monoisotopic (exact) mass is 743 g/mol. The summed E-state index contributed by atoms with van der Waals surface area (Å²) in [5.41, 5.74) is 6.26. The predicted octanol–water partition coefficient (Wildman–Crippen LogP) is 3.68. The van der Waals surface area contributed by atoms with Crippen molar-refractivity contribution in [2.45, 2.75) is 25.4 Å². The molecule has 0 radical (unpaired) electrons. The number of fused-ring (bicyclic) bond motifs is 1. The lowest BCUT2D eigenvalue weighted by Gasteiger charge is -2.39. The molecule has 4 aliphatic rings. The van der Waals surface area contributed by atoms with Crippen molar-refractivity contribution in [2.75, 3.05) is 90.4 Å². The van der Waals surface area contributed by atoms with Crippen molar-refractivity contribution in [1.82, 2.24) is 35.1 Å². The third kappa shape index (κ3) is 7.51. The zero-order valence-electron chi connectivity index (χ0n) is 31.0. The second-order valence-corrected chi connectivity index (χ2v) is 14.2. The van der Waals surface area contributed by atoms with Crippen LogP contribution in [0.1, 0.15) is 35.2 Å². The number of allylic oxidation sites excluding steroid dienone is 1. The molecule has 3 aromatic rings. The highest BCUT2D eigenvalue weighted by Crippen LogP contribution is 2.40. The minimum atomic E-state index is -0.694. The number of halogens is 2. The minimum Gasteiger partial charge on any atom is -0.496 e. The van der Waals surface area contributed by atoms with Crippen LogP contribution in [-0.2, 0) is 16.1 Å². The van der Waals surface area contributed by atoms with Gasteiger partial charge in [0.25, 0.3) is 0 Å². The number of anilines is 2. The largest absolute Gasteiger partial charge is 0.496 e. The molecule has 3 N–H and O–H groups in total. The zero-order chi connectivity index (χ0) is 38.1. The van der Waals surface area contributed by atoms with Gasteiger partial charge in [-0.2, -0.15) is 5.10 Å². The molecular formula is C39H47F2N9O4. The lowest BCUT2D eigenvalue weighted by atomic mass is 9.94. The van der Waals surface area contributed by atoms with Crippen LogP contribution in [0.2, 0.25) is 0 Å². The van der Waals surface area contributed by atoms with Crippen molar-refractivity contribution in [2.24, 2.45) is 0 Å². The Kier molecular flexibility index (Phi) is 10.6. The van der Waals surface area contributed by atoms with Crippen LogP contribution in [-0.4, -0.2) is 128 Å². The summed E-state index contributed by atoms with van der Waals surface area (Å²) in [7, 11) is 5.26. The number of ether oxygens (including phenoxy) is 2. The lowest BCUT2D eigenvalue weighted by molar-refractivity contribution is -0.134. The van der Waals surface area contributed by atoms with E-state index in [1.807, 2.05) is 40.1 Å². The maximum absolute atomic E-state index is 15.2. The van der Waals surface area contributed by atoms with Gasteiger partial charge in [-0.15, -0.1) is 0 Å². The molecule has 7 rings (SSSR count). The third-order valence-corrected chi connectivity index (χ3v) is 10.7. The number of benzene rings is 2. The molecule has 3 saturated heterocycles. The van der Waals surface area contributed by atoms with Gasteiger partial charge in [-0.25, -0.2) is 8.78 Å². The molecule has 54 heavy (non-hydrogen) atoms. The molecular weight excluding hydrogens is 696 g/mol. The lowest BCUT2D eigenvalue weighted by Crippen LogP contribution is -2.53. The van der Waals surface area contributed by atoms with E-state index in [1.165, 1.54) is 12.1 Å². The van der Waals surface area contributed by atoms with Crippen LogP contribution in [0.5, 0.6) is 11.5 Å². The van der Waals surface area contributed by atoms with Gasteiger partial charge in [-0.05, 0) is 42.7 Å². The number of H-pyrrole nitrogens is 1. The summed E-state index contributed by atoms with van der Waals surface area (Å²) in [6.45, 7) is 13.1. The fourth-order valence-electron chi connectivity index (χ4n) is 7.62. The van der Waals surface area contributed by atoms with E-state index in [0.29, 0.717) is 88.9 Å². The van der Waals surface area contributed by atoms with Crippen molar-refractivity contribution in [1.29, 1.82) is 0 Å². The number of hydrogen-bond acceptors (Lipinski definition) is 10. The molecule has 13 nitrogen and oxygen atoms in total. The molecule has 2 amide bonds. The highest BCUT2D eigenvalue weighted by atomic mass is 19.1. The van der Waals surface area contributed by atoms with Crippen LogP contribution in [0.4, 0.5) is 20.2 Å². The average Bonchev–Trinajstić information content (AvgIpc) is 3.66. The van der Waals surface area contributed by atoms with Crippen molar-refractivity contribution in [3.05, 3.63) is 89.5 Å². The number of nitrogens with zero attached hydrogens (tertiary/aromatic N) is 6. The van der Waals surface area contributed by atoms with Gasteiger partial charge >= 0.3 is 0 Å². The number of piperidine rings is 1. The molecule has 1 aromatic heterocycles. The number of rotatable bonds is 10. The Bertz CT molecular complexity index is 1930. The number of carbonyl (C=O) groups excluding carboxylic acids is 2. The Morgan fingerprint density at radius 1 is 0.963 bits per heavy atom. The molecule has 286 valence electrons. The number of methoxy groups -OCH3 is 2. The van der Waals surface area contributed by atoms with Gasteiger partial charge in [0.05, 0.1) is 43.9 Å². The predicted molar refractivity (Wildman–Crippen MR) is 203 cm³/mol. The van der Waals surface area contributed by atoms with Gasteiger partial charge in [-0.3, -0.25) is 24.5 Å². The summed E-state index contributed by atoms with van der Waals surface area (Å²) in [5.74, 6) is -0.185. The maximum atomic E-state index is 15.2. The Labute approximate surface area is 313 Å². The average molecular weight is 744 g/mol. The summed E-state index contributed by atoms with van der Waals surface area (Å²) >= 11 is 0. The minimum absolute atomic E-state index is 0.0396. The standard InChI is InChI=1S/C39H47F2N9O4/c1-24-6-7-33(39(52)43-24)44-27-18-31(40)38(32(41)19-27)50-14-10-48(11-15-50)23-36(51)49-12-8-47(9-13-49)22-30-34(53-4)16-26(17-35(30)54-5)29-21-46(3)25(2)37-28(29)20-42-45-37/h16-21,33,44H,1-2,6-15,22-23H2,3-5H3,(H,42,45)(H,43,52). The SMILES string of the molecule is C=C1CCC(Nc2cc(F)c(N3CCN(CC(=O)N4CCN(Cc5c(OC)cc(C6=CN(C)C(=C)c7[nH]ncc76)cc5OC)CC4)CC3)c(F)c2)C(=O)N1. The smallest absolute Gasteiger partial charge is 0.246 e. The molecule has 0 saturated carbocycles. The number of piperazine rings is 2. The van der Waals surface area contributed by atoms with E-state index >= 15 is 8.78 Å². The first-order valence-corrected chi connectivity index (χ1v) is 18.2. The molecule has 15 heteroatoms. The highest BCUT2D eigenvalue weighted by molar-refractivity contribution is 5.89. The van der Waals surface area contributed by atoms with E-state index in [1.54, 1.807) is 25.3 Å². The van der Waals surface area contributed by atoms with Gasteiger partial charge in [0.1, 0.15) is 23.2 Å². The maximum Gasteiger partial charge on any atom is 0.246 e. The normalized spacial score (nSPS) is 19.7. The van der Waals surface area contributed by atoms with Gasteiger partial charge < -0.3 is 34.8 Å². The molecule has 3 fully saturated rings. The van der Waals surface area contributed by atoms with Crippen LogP contribution in [0, 0.1) is 11.6 Å². The number of aromatic nitrogens is 2. The van der Waals surface area contributed by atoms with Crippen LogP contribution < -0.4 is 25.0 Å². The number of amides is 2. The van der Waals surface area contributed by atoms with Crippen molar-refractivity contribution < 1.29 is 27.8 Å². The summed E-state index contributed by atoms with van der Waals surface area (Å²) in [4.78, 5) is 35.4. The first-order valence-electron chi connectivity index (χ1n) is 18.2. The Morgan fingerprint density at radius 2 is 1.61 bits per heavy atom. The van der Waals surface area contributed by atoms with Crippen LogP contribution >= 0.6 is 0 Å². The van der Waals surface area contributed by atoms with Crippen LogP contribution in [0.15, 0.2) is 55.5 Å². The van der Waals surface area contributed by atoms with E-state index in [9.17, 15) is 9.59 Å². The second-order valence-electron chi connectivity index (χ2n) is 14.2. The van der Waals surface area contributed by atoms with Crippen molar-refractivity contribution in [3.63, 3.8) is 0 Å². The van der Waals surface area contributed by atoms with Crippen molar-refractivity contribution >= 4 is 34.5 Å². The summed E-state index contributed by atoms with van der Waals surface area (Å²) in [5, 5.41) is 12.9. The molecule has 0 aliphatic carbocycles. The molecule has 0 spiro atoms. The fourth-order valence-corrected chi connectivity index (χ4v) is 7.62. The van der Waals surface area contributed by atoms with E-state index in [2.05, 4.69) is 38.9 Å².